The lowest BCUT2D eigenvalue weighted by molar-refractivity contribution is -0.159. The molecule has 2 amide bonds. The van der Waals surface area contributed by atoms with Gasteiger partial charge in [-0.3, -0.25) is 0 Å². The number of hydrogen-bond acceptors (Lipinski definition) is 3. The fraction of sp³-hybridized carbons (Fsp3) is 0.429. The van der Waals surface area contributed by atoms with Crippen LogP contribution < -0.4 is 5.32 Å². The number of amides is 2. The van der Waals surface area contributed by atoms with E-state index in [1.165, 1.54) is 0 Å². The van der Waals surface area contributed by atoms with E-state index in [-0.39, 0.29) is 12.6 Å². The van der Waals surface area contributed by atoms with Crippen molar-refractivity contribution < 1.29 is 19.4 Å². The fourth-order valence-corrected chi connectivity index (χ4v) is 2.16. The normalized spacial score (nSPS) is 16.4. The number of carbonyl (C=O) groups excluding carboxylic acids is 1. The molecule has 2 rings (SSSR count). The van der Waals surface area contributed by atoms with Crippen LogP contribution in [0.3, 0.4) is 0 Å². The summed E-state index contributed by atoms with van der Waals surface area (Å²) in [5, 5.41) is 11.4. The van der Waals surface area contributed by atoms with Crippen molar-refractivity contribution in [1.82, 2.24) is 4.90 Å². The minimum absolute atomic E-state index is 0.202. The number of aryl methyl sites for hydroxylation is 1. The molecule has 0 unspecified atom stereocenters. The Bertz CT molecular complexity index is 524. The Balaban J connectivity index is 1.83. The van der Waals surface area contributed by atoms with Crippen molar-refractivity contribution in [3.8, 4) is 0 Å². The zero-order valence-electron chi connectivity index (χ0n) is 11.5. The lowest BCUT2D eigenvalue weighted by Crippen LogP contribution is -2.64. The van der Waals surface area contributed by atoms with E-state index in [1.54, 1.807) is 11.8 Å². The quantitative estimate of drug-likeness (QED) is 0.878. The number of nitrogens with one attached hydrogen (secondary N) is 1. The van der Waals surface area contributed by atoms with Crippen molar-refractivity contribution in [3.05, 3.63) is 29.8 Å². The number of hydrogen-bond donors (Lipinski definition) is 2. The van der Waals surface area contributed by atoms with Gasteiger partial charge in [-0.05, 0) is 31.5 Å². The molecule has 1 saturated heterocycles. The van der Waals surface area contributed by atoms with Gasteiger partial charge in [-0.25, -0.2) is 9.59 Å². The Morgan fingerprint density at radius 3 is 2.75 bits per heavy atom. The summed E-state index contributed by atoms with van der Waals surface area (Å²) < 4.78 is 5.26. The number of carbonyl (C=O) groups is 2. The SMILES string of the molecule is Cc1cccc(NC(=O)N2CC(C)(OCC(=O)O)C2)c1. The molecule has 2 N–H and O–H groups in total. The zero-order valence-corrected chi connectivity index (χ0v) is 11.5. The van der Waals surface area contributed by atoms with Gasteiger partial charge in [-0.15, -0.1) is 0 Å². The molecule has 1 aromatic rings. The number of ether oxygens (including phenoxy) is 1. The summed E-state index contributed by atoms with van der Waals surface area (Å²) in [6.45, 7) is 4.18. The Morgan fingerprint density at radius 2 is 2.15 bits per heavy atom. The number of anilines is 1. The molecule has 0 bridgehead atoms. The zero-order chi connectivity index (χ0) is 14.8. The molecule has 6 heteroatoms. The first-order valence-corrected chi connectivity index (χ1v) is 6.36. The largest absolute Gasteiger partial charge is 0.480 e. The summed E-state index contributed by atoms with van der Waals surface area (Å²) in [5.74, 6) is -1.01. The molecule has 0 aliphatic carbocycles. The smallest absolute Gasteiger partial charge is 0.329 e. The topological polar surface area (TPSA) is 78.9 Å². The first-order valence-electron chi connectivity index (χ1n) is 6.36. The van der Waals surface area contributed by atoms with E-state index >= 15 is 0 Å². The summed E-state index contributed by atoms with van der Waals surface area (Å²) in [5.41, 5.74) is 1.25. The molecule has 1 aromatic carbocycles. The average molecular weight is 278 g/mol. The Hall–Kier alpha value is -2.08. The van der Waals surface area contributed by atoms with Gasteiger partial charge in [0, 0.05) is 5.69 Å². The van der Waals surface area contributed by atoms with Gasteiger partial charge in [0.2, 0.25) is 0 Å². The van der Waals surface area contributed by atoms with E-state index in [9.17, 15) is 9.59 Å². The van der Waals surface area contributed by atoms with E-state index in [4.69, 9.17) is 9.84 Å². The molecule has 1 aliphatic heterocycles. The average Bonchev–Trinajstić information content (AvgIpc) is 2.33. The van der Waals surface area contributed by atoms with Gasteiger partial charge < -0.3 is 20.1 Å². The van der Waals surface area contributed by atoms with Crippen LogP contribution in [0.4, 0.5) is 10.5 Å². The van der Waals surface area contributed by atoms with Crippen molar-refractivity contribution in [2.24, 2.45) is 0 Å². The summed E-state index contributed by atoms with van der Waals surface area (Å²) in [6, 6.07) is 7.34. The molecule has 0 aromatic heterocycles. The van der Waals surface area contributed by atoms with E-state index in [0.717, 1.165) is 11.3 Å². The van der Waals surface area contributed by atoms with Crippen LogP contribution in [-0.2, 0) is 9.53 Å². The molecule has 6 nitrogen and oxygen atoms in total. The second-order valence-corrected chi connectivity index (χ2v) is 5.29. The summed E-state index contributed by atoms with van der Waals surface area (Å²) >= 11 is 0. The van der Waals surface area contributed by atoms with Crippen molar-refractivity contribution in [3.63, 3.8) is 0 Å². The molecular weight excluding hydrogens is 260 g/mol. The fourth-order valence-electron chi connectivity index (χ4n) is 2.16. The molecular formula is C14H18N2O4. The summed E-state index contributed by atoms with van der Waals surface area (Å²) in [4.78, 5) is 24.0. The number of aliphatic carboxylic acids is 1. The van der Waals surface area contributed by atoms with Crippen LogP contribution in [0.25, 0.3) is 0 Å². The predicted octanol–water partition coefficient (Wildman–Crippen LogP) is 1.70. The van der Waals surface area contributed by atoms with Crippen LogP contribution in [0.5, 0.6) is 0 Å². The van der Waals surface area contributed by atoms with Crippen LogP contribution in [0, 0.1) is 6.92 Å². The molecule has 108 valence electrons. The van der Waals surface area contributed by atoms with Gasteiger partial charge >= 0.3 is 12.0 Å². The van der Waals surface area contributed by atoms with Gasteiger partial charge in [0.25, 0.3) is 0 Å². The van der Waals surface area contributed by atoms with E-state index in [2.05, 4.69) is 5.32 Å². The molecule has 1 fully saturated rings. The van der Waals surface area contributed by atoms with E-state index in [0.29, 0.717) is 13.1 Å². The lowest BCUT2D eigenvalue weighted by Gasteiger charge is -2.46. The minimum atomic E-state index is -1.01. The minimum Gasteiger partial charge on any atom is -0.480 e. The van der Waals surface area contributed by atoms with Crippen LogP contribution in [0.1, 0.15) is 12.5 Å². The molecule has 0 atom stereocenters. The molecule has 0 radical (unpaired) electrons. The Morgan fingerprint density at radius 1 is 1.45 bits per heavy atom. The van der Waals surface area contributed by atoms with E-state index < -0.39 is 11.6 Å². The number of rotatable bonds is 4. The molecule has 0 spiro atoms. The first-order chi connectivity index (χ1) is 9.38. The highest BCUT2D eigenvalue weighted by molar-refractivity contribution is 5.90. The van der Waals surface area contributed by atoms with Crippen molar-refractivity contribution >= 4 is 17.7 Å². The second-order valence-electron chi connectivity index (χ2n) is 5.29. The van der Waals surface area contributed by atoms with Crippen LogP contribution >= 0.6 is 0 Å². The highest BCUT2D eigenvalue weighted by atomic mass is 16.5. The predicted molar refractivity (Wildman–Crippen MR) is 73.8 cm³/mol. The van der Waals surface area contributed by atoms with Crippen LogP contribution in [0.2, 0.25) is 0 Å². The number of benzene rings is 1. The van der Waals surface area contributed by atoms with Crippen molar-refractivity contribution in [1.29, 1.82) is 0 Å². The Labute approximate surface area is 117 Å². The van der Waals surface area contributed by atoms with Gasteiger partial charge in [0.05, 0.1) is 13.1 Å². The molecule has 1 heterocycles. The maximum absolute atomic E-state index is 12.0. The molecule has 1 aliphatic rings. The number of carboxylic acid groups (broad SMARTS) is 1. The maximum atomic E-state index is 12.0. The Kier molecular flexibility index (Phi) is 3.94. The highest BCUT2D eigenvalue weighted by Crippen LogP contribution is 2.25. The van der Waals surface area contributed by atoms with Gasteiger partial charge in [0.1, 0.15) is 12.2 Å². The monoisotopic (exact) mass is 278 g/mol. The van der Waals surface area contributed by atoms with E-state index in [1.807, 2.05) is 31.2 Å². The van der Waals surface area contributed by atoms with Crippen LogP contribution in [0.15, 0.2) is 24.3 Å². The first kappa shape index (κ1) is 14.3. The third kappa shape index (κ3) is 3.48. The second kappa shape index (κ2) is 5.50. The number of carboxylic acids is 1. The number of likely N-dealkylation sites (tertiary alicyclic amines) is 1. The number of nitrogens with zero attached hydrogens (tertiary/aromatic N) is 1. The summed E-state index contributed by atoms with van der Waals surface area (Å²) in [7, 11) is 0. The van der Waals surface area contributed by atoms with Gasteiger partial charge in [-0.2, -0.15) is 0 Å². The van der Waals surface area contributed by atoms with Crippen LogP contribution in [-0.4, -0.2) is 47.3 Å². The van der Waals surface area contributed by atoms with Gasteiger partial charge in [0.15, 0.2) is 0 Å². The van der Waals surface area contributed by atoms with Crippen molar-refractivity contribution in [2.75, 3.05) is 25.0 Å². The van der Waals surface area contributed by atoms with Gasteiger partial charge in [-0.1, -0.05) is 12.1 Å². The maximum Gasteiger partial charge on any atom is 0.329 e. The third-order valence-electron chi connectivity index (χ3n) is 3.15. The van der Waals surface area contributed by atoms with Crippen molar-refractivity contribution in [2.45, 2.75) is 19.4 Å². The highest BCUT2D eigenvalue weighted by Gasteiger charge is 2.42. The lowest BCUT2D eigenvalue weighted by atomic mass is 9.97. The third-order valence-corrected chi connectivity index (χ3v) is 3.15. The summed E-state index contributed by atoms with van der Waals surface area (Å²) in [6.07, 6.45) is 0. The molecule has 20 heavy (non-hydrogen) atoms. The number of urea groups is 1. The standard InChI is InChI=1S/C14H18N2O4/c1-10-4-3-5-11(6-10)15-13(19)16-8-14(2,9-16)20-7-12(17)18/h3-6H,7-9H2,1-2H3,(H,15,19)(H,17,18). The molecule has 0 saturated carbocycles.